The van der Waals surface area contributed by atoms with E-state index in [2.05, 4.69) is 5.32 Å². The highest BCUT2D eigenvalue weighted by atomic mass is 35.5. The standard InChI is InChI=1S/C15H21N3O4S.ClH/c1-10-3-6-14(18(19)20)15(11(10)2)23(21,22)17-12-4-5-13(17)9-16-8-7-12;/h3,6,12-13,16H,4-5,7-9H2,1-2H3;1H. The Kier molecular flexibility index (Phi) is 5.54. The largest absolute Gasteiger partial charge is 0.315 e. The fraction of sp³-hybridized carbons (Fsp3) is 0.600. The minimum atomic E-state index is -3.90. The summed E-state index contributed by atoms with van der Waals surface area (Å²) < 4.78 is 28.1. The Hall–Kier alpha value is -1.22. The molecule has 0 aromatic heterocycles. The molecule has 0 saturated carbocycles. The van der Waals surface area contributed by atoms with Crippen LogP contribution >= 0.6 is 12.4 Å². The number of nitrogens with one attached hydrogen (secondary N) is 1. The van der Waals surface area contributed by atoms with Crippen molar-refractivity contribution in [1.82, 2.24) is 9.62 Å². The van der Waals surface area contributed by atoms with E-state index in [0.29, 0.717) is 12.1 Å². The van der Waals surface area contributed by atoms with Crippen LogP contribution in [0.2, 0.25) is 0 Å². The number of nitrogens with zero attached hydrogens (tertiary/aromatic N) is 2. The topological polar surface area (TPSA) is 92.5 Å². The van der Waals surface area contributed by atoms with E-state index in [1.54, 1.807) is 19.9 Å². The SMILES string of the molecule is Cc1ccc([N+](=O)[O-])c(S(=O)(=O)N2C3CCNCC2CC3)c1C.Cl. The monoisotopic (exact) mass is 375 g/mol. The predicted molar refractivity (Wildman–Crippen MR) is 93.1 cm³/mol. The van der Waals surface area contributed by atoms with Crippen molar-refractivity contribution in [2.75, 3.05) is 13.1 Å². The molecule has 134 valence electrons. The van der Waals surface area contributed by atoms with Gasteiger partial charge in [0.1, 0.15) is 0 Å². The first kappa shape index (κ1) is 19.1. The summed E-state index contributed by atoms with van der Waals surface area (Å²) in [6, 6.07) is 2.71. The highest BCUT2D eigenvalue weighted by Gasteiger charge is 2.45. The van der Waals surface area contributed by atoms with Gasteiger partial charge in [-0.05, 0) is 50.8 Å². The molecule has 3 rings (SSSR count). The second-order valence-electron chi connectivity index (χ2n) is 6.33. The number of fused-ring (bicyclic) bond motifs is 2. The lowest BCUT2D eigenvalue weighted by molar-refractivity contribution is -0.388. The number of halogens is 1. The zero-order valence-electron chi connectivity index (χ0n) is 13.7. The van der Waals surface area contributed by atoms with Crippen molar-refractivity contribution in [2.24, 2.45) is 0 Å². The molecule has 0 spiro atoms. The first-order valence-corrected chi connectivity index (χ1v) is 9.27. The maximum Gasteiger partial charge on any atom is 0.289 e. The van der Waals surface area contributed by atoms with Crippen molar-refractivity contribution in [3.63, 3.8) is 0 Å². The van der Waals surface area contributed by atoms with Gasteiger partial charge < -0.3 is 5.32 Å². The van der Waals surface area contributed by atoms with Gasteiger partial charge in [0.15, 0.2) is 4.90 Å². The van der Waals surface area contributed by atoms with Gasteiger partial charge in [-0.15, -0.1) is 12.4 Å². The van der Waals surface area contributed by atoms with Gasteiger partial charge in [-0.1, -0.05) is 6.07 Å². The summed E-state index contributed by atoms with van der Waals surface area (Å²) in [5, 5.41) is 14.6. The summed E-state index contributed by atoms with van der Waals surface area (Å²) in [7, 11) is -3.90. The summed E-state index contributed by atoms with van der Waals surface area (Å²) in [6.45, 7) is 4.81. The lowest BCUT2D eigenvalue weighted by Gasteiger charge is -2.27. The maximum absolute atomic E-state index is 13.3. The Morgan fingerprint density at radius 2 is 1.88 bits per heavy atom. The number of hydrogen-bond donors (Lipinski definition) is 1. The smallest absolute Gasteiger partial charge is 0.289 e. The van der Waals surface area contributed by atoms with E-state index in [4.69, 9.17) is 0 Å². The number of nitro benzene ring substituents is 1. The highest BCUT2D eigenvalue weighted by molar-refractivity contribution is 7.89. The second-order valence-corrected chi connectivity index (χ2v) is 8.11. The van der Waals surface area contributed by atoms with Crippen LogP contribution in [0.5, 0.6) is 0 Å². The van der Waals surface area contributed by atoms with E-state index in [0.717, 1.165) is 31.4 Å². The molecule has 0 radical (unpaired) electrons. The van der Waals surface area contributed by atoms with Crippen LogP contribution in [0.3, 0.4) is 0 Å². The molecule has 0 amide bonds. The summed E-state index contributed by atoms with van der Waals surface area (Å²) >= 11 is 0. The van der Waals surface area contributed by atoms with E-state index >= 15 is 0 Å². The number of aryl methyl sites for hydroxylation is 1. The third-order valence-electron chi connectivity index (χ3n) is 4.98. The lowest BCUT2D eigenvalue weighted by Crippen LogP contribution is -2.42. The quantitative estimate of drug-likeness (QED) is 0.645. The zero-order valence-corrected chi connectivity index (χ0v) is 15.3. The van der Waals surface area contributed by atoms with Crippen LogP contribution in [0.25, 0.3) is 0 Å². The van der Waals surface area contributed by atoms with E-state index in [9.17, 15) is 18.5 Å². The average Bonchev–Trinajstić information content (AvgIpc) is 2.75. The Balaban J connectivity index is 0.00000208. The molecule has 2 aliphatic heterocycles. The van der Waals surface area contributed by atoms with Crippen LogP contribution < -0.4 is 5.32 Å². The Morgan fingerprint density at radius 3 is 2.54 bits per heavy atom. The number of benzene rings is 1. The van der Waals surface area contributed by atoms with Gasteiger partial charge in [-0.3, -0.25) is 10.1 Å². The second kappa shape index (κ2) is 6.95. The van der Waals surface area contributed by atoms with Crippen LogP contribution in [-0.2, 0) is 10.0 Å². The number of sulfonamides is 1. The normalized spacial score (nSPS) is 24.2. The van der Waals surface area contributed by atoms with Crippen LogP contribution in [0, 0.1) is 24.0 Å². The van der Waals surface area contributed by atoms with Gasteiger partial charge in [0.25, 0.3) is 15.7 Å². The third-order valence-corrected chi connectivity index (χ3v) is 7.16. The van der Waals surface area contributed by atoms with E-state index in [1.807, 2.05) is 0 Å². The molecule has 1 N–H and O–H groups in total. The first-order valence-electron chi connectivity index (χ1n) is 7.83. The number of rotatable bonds is 3. The summed E-state index contributed by atoms with van der Waals surface area (Å²) in [5.74, 6) is 0. The highest BCUT2D eigenvalue weighted by Crippen LogP contribution is 2.38. The van der Waals surface area contributed by atoms with Gasteiger partial charge in [0, 0.05) is 24.7 Å². The van der Waals surface area contributed by atoms with Crippen molar-refractivity contribution in [2.45, 2.75) is 50.1 Å². The fourth-order valence-corrected chi connectivity index (χ4v) is 6.02. The first-order chi connectivity index (χ1) is 10.8. The Morgan fingerprint density at radius 1 is 1.21 bits per heavy atom. The van der Waals surface area contributed by atoms with Crippen molar-refractivity contribution >= 4 is 28.1 Å². The fourth-order valence-electron chi connectivity index (χ4n) is 3.68. The minimum absolute atomic E-state index is 0. The van der Waals surface area contributed by atoms with Gasteiger partial charge in [-0.2, -0.15) is 4.31 Å². The molecule has 2 saturated heterocycles. The van der Waals surface area contributed by atoms with Gasteiger partial charge >= 0.3 is 0 Å². The molecule has 2 heterocycles. The van der Waals surface area contributed by atoms with E-state index in [-0.39, 0.29) is 35.1 Å². The molecule has 2 bridgehead atoms. The molecular weight excluding hydrogens is 354 g/mol. The summed E-state index contributed by atoms with van der Waals surface area (Å²) in [5.41, 5.74) is 0.884. The van der Waals surface area contributed by atoms with Crippen molar-refractivity contribution < 1.29 is 13.3 Å². The van der Waals surface area contributed by atoms with Crippen LogP contribution in [0.4, 0.5) is 5.69 Å². The van der Waals surface area contributed by atoms with Crippen molar-refractivity contribution in [1.29, 1.82) is 0 Å². The summed E-state index contributed by atoms with van der Waals surface area (Å²) in [6.07, 6.45) is 2.37. The van der Waals surface area contributed by atoms with E-state index < -0.39 is 14.9 Å². The zero-order chi connectivity index (χ0) is 16.8. The average molecular weight is 376 g/mol. The van der Waals surface area contributed by atoms with Crippen molar-refractivity contribution in [3.05, 3.63) is 33.4 Å². The molecule has 2 aliphatic rings. The van der Waals surface area contributed by atoms with Gasteiger partial charge in [-0.25, -0.2) is 8.42 Å². The molecule has 24 heavy (non-hydrogen) atoms. The molecule has 0 aliphatic carbocycles. The maximum atomic E-state index is 13.3. The van der Waals surface area contributed by atoms with Gasteiger partial charge in [0.2, 0.25) is 0 Å². The summed E-state index contributed by atoms with van der Waals surface area (Å²) in [4.78, 5) is 10.6. The van der Waals surface area contributed by atoms with E-state index in [1.165, 1.54) is 10.4 Å². The minimum Gasteiger partial charge on any atom is -0.315 e. The number of hydrogen-bond acceptors (Lipinski definition) is 5. The molecule has 1 aromatic rings. The molecule has 2 fully saturated rings. The molecule has 2 unspecified atom stereocenters. The molecule has 9 heteroatoms. The molecule has 2 atom stereocenters. The third kappa shape index (κ3) is 3.03. The van der Waals surface area contributed by atoms with Crippen LogP contribution in [0.1, 0.15) is 30.4 Å². The Labute approximate surface area is 148 Å². The molecular formula is C15H22ClN3O4S. The molecule has 1 aromatic carbocycles. The Bertz CT molecular complexity index is 739. The predicted octanol–water partition coefficient (Wildman–Crippen LogP) is 2.15. The van der Waals surface area contributed by atoms with Crippen molar-refractivity contribution in [3.8, 4) is 0 Å². The molecule has 7 nitrogen and oxygen atoms in total. The number of nitro groups is 1. The lowest BCUT2D eigenvalue weighted by atomic mass is 10.1. The van der Waals surface area contributed by atoms with Crippen LogP contribution in [-0.4, -0.2) is 42.8 Å². The van der Waals surface area contributed by atoms with Crippen LogP contribution in [0.15, 0.2) is 17.0 Å². The van der Waals surface area contributed by atoms with Gasteiger partial charge in [0.05, 0.1) is 4.92 Å².